The lowest BCUT2D eigenvalue weighted by Crippen LogP contribution is -2.45. The zero-order chi connectivity index (χ0) is 13.1. The summed E-state index contributed by atoms with van der Waals surface area (Å²) in [6.07, 6.45) is 0. The molecule has 2 amide bonds. The van der Waals surface area contributed by atoms with Crippen LogP contribution in [0.15, 0.2) is 29.2 Å². The molecule has 0 radical (unpaired) electrons. The van der Waals surface area contributed by atoms with Gasteiger partial charge in [0.25, 0.3) is 10.0 Å². The van der Waals surface area contributed by atoms with Crippen molar-refractivity contribution in [2.75, 3.05) is 14.1 Å². The monoisotopic (exact) mass is 277 g/mol. The van der Waals surface area contributed by atoms with Gasteiger partial charge in [0, 0.05) is 14.1 Å². The predicted octanol–water partition coefficient (Wildman–Crippen LogP) is 0.805. The Morgan fingerprint density at radius 3 is 2.41 bits per heavy atom. The molecule has 0 aliphatic heterocycles. The highest BCUT2D eigenvalue weighted by Gasteiger charge is 2.20. The lowest BCUT2D eigenvalue weighted by molar-refractivity contribution is 0.217. The first kappa shape index (κ1) is 13.8. The molecule has 0 fully saturated rings. The topological polar surface area (TPSA) is 78.5 Å². The molecule has 2 N–H and O–H groups in total. The SMILES string of the molecule is CN(C)NC(=O)NS(=O)(=O)c1ccccc1Cl. The number of nitrogens with one attached hydrogen (secondary N) is 2. The van der Waals surface area contributed by atoms with Crippen molar-refractivity contribution in [3.63, 3.8) is 0 Å². The van der Waals surface area contributed by atoms with E-state index in [0.717, 1.165) is 0 Å². The average Bonchev–Trinajstić information content (AvgIpc) is 2.15. The molecule has 0 spiro atoms. The molecule has 0 unspecified atom stereocenters. The molecule has 0 aliphatic carbocycles. The van der Waals surface area contributed by atoms with Gasteiger partial charge in [-0.1, -0.05) is 23.7 Å². The van der Waals surface area contributed by atoms with Crippen molar-refractivity contribution in [3.05, 3.63) is 29.3 Å². The number of carbonyl (C=O) groups is 1. The van der Waals surface area contributed by atoms with E-state index in [1.54, 1.807) is 20.2 Å². The third-order valence-corrected chi connectivity index (χ3v) is 3.51. The fourth-order valence-electron chi connectivity index (χ4n) is 1.07. The molecule has 0 heterocycles. The summed E-state index contributed by atoms with van der Waals surface area (Å²) >= 11 is 5.74. The summed E-state index contributed by atoms with van der Waals surface area (Å²) in [5, 5.41) is 1.37. The maximum atomic E-state index is 11.8. The van der Waals surface area contributed by atoms with E-state index < -0.39 is 16.1 Å². The van der Waals surface area contributed by atoms with Gasteiger partial charge in [-0.05, 0) is 12.1 Å². The fraction of sp³-hybridized carbons (Fsp3) is 0.222. The third kappa shape index (κ3) is 3.88. The van der Waals surface area contributed by atoms with Crippen molar-refractivity contribution in [3.8, 4) is 0 Å². The van der Waals surface area contributed by atoms with Crippen LogP contribution in [0.4, 0.5) is 4.79 Å². The second kappa shape index (κ2) is 5.35. The second-order valence-electron chi connectivity index (χ2n) is 3.37. The number of halogens is 1. The van der Waals surface area contributed by atoms with Gasteiger partial charge in [-0.3, -0.25) is 5.43 Å². The van der Waals surface area contributed by atoms with Crippen molar-refractivity contribution in [2.24, 2.45) is 0 Å². The normalized spacial score (nSPS) is 11.3. The van der Waals surface area contributed by atoms with E-state index in [1.807, 2.05) is 4.72 Å². The van der Waals surface area contributed by atoms with Crippen LogP contribution in [0.3, 0.4) is 0 Å². The number of amides is 2. The summed E-state index contributed by atoms with van der Waals surface area (Å²) < 4.78 is 25.4. The largest absolute Gasteiger partial charge is 0.343 e. The maximum Gasteiger partial charge on any atom is 0.343 e. The Hall–Kier alpha value is -1.31. The fourth-order valence-corrected chi connectivity index (χ4v) is 2.49. The molecule has 1 aromatic rings. The predicted molar refractivity (Wildman–Crippen MR) is 64.0 cm³/mol. The van der Waals surface area contributed by atoms with Crippen LogP contribution in [-0.2, 0) is 10.0 Å². The van der Waals surface area contributed by atoms with Crippen molar-refractivity contribution < 1.29 is 13.2 Å². The van der Waals surface area contributed by atoms with Crippen LogP contribution in [0.2, 0.25) is 5.02 Å². The smallest absolute Gasteiger partial charge is 0.270 e. The molecule has 0 atom stereocenters. The summed E-state index contributed by atoms with van der Waals surface area (Å²) in [6.45, 7) is 0. The Labute approximate surface area is 105 Å². The Morgan fingerprint density at radius 2 is 1.88 bits per heavy atom. The Balaban J connectivity index is 2.91. The van der Waals surface area contributed by atoms with Crippen molar-refractivity contribution in [1.82, 2.24) is 15.2 Å². The van der Waals surface area contributed by atoms with E-state index in [-0.39, 0.29) is 9.92 Å². The Morgan fingerprint density at radius 1 is 1.29 bits per heavy atom. The number of sulfonamides is 1. The van der Waals surface area contributed by atoms with Crippen LogP contribution < -0.4 is 10.1 Å². The number of urea groups is 1. The zero-order valence-electron chi connectivity index (χ0n) is 9.27. The van der Waals surface area contributed by atoms with Crippen molar-refractivity contribution in [2.45, 2.75) is 4.90 Å². The molecule has 1 rings (SSSR count). The highest BCUT2D eigenvalue weighted by molar-refractivity contribution is 7.90. The lowest BCUT2D eigenvalue weighted by Gasteiger charge is -2.13. The lowest BCUT2D eigenvalue weighted by atomic mass is 10.4. The minimum atomic E-state index is -3.96. The summed E-state index contributed by atoms with van der Waals surface area (Å²) in [4.78, 5) is 11.1. The van der Waals surface area contributed by atoms with Crippen LogP contribution in [0.5, 0.6) is 0 Å². The van der Waals surface area contributed by atoms with Gasteiger partial charge in [-0.2, -0.15) is 0 Å². The number of carbonyl (C=O) groups excluding carboxylic acids is 1. The number of hydrogen-bond donors (Lipinski definition) is 2. The number of hydrazine groups is 1. The minimum Gasteiger partial charge on any atom is -0.270 e. The molecular formula is C9H12ClN3O3S. The Kier molecular flexibility index (Phi) is 4.33. The molecule has 0 aliphatic rings. The second-order valence-corrected chi connectivity index (χ2v) is 5.43. The van der Waals surface area contributed by atoms with Gasteiger partial charge in [0.15, 0.2) is 0 Å². The van der Waals surface area contributed by atoms with E-state index in [1.165, 1.54) is 23.2 Å². The first-order chi connectivity index (χ1) is 7.83. The van der Waals surface area contributed by atoms with Gasteiger partial charge >= 0.3 is 6.03 Å². The third-order valence-electron chi connectivity index (χ3n) is 1.68. The molecule has 8 heteroatoms. The number of benzene rings is 1. The summed E-state index contributed by atoms with van der Waals surface area (Å²) in [7, 11) is -0.842. The van der Waals surface area contributed by atoms with E-state index >= 15 is 0 Å². The van der Waals surface area contributed by atoms with E-state index in [2.05, 4.69) is 5.43 Å². The van der Waals surface area contributed by atoms with Gasteiger partial charge in [0.05, 0.1) is 5.02 Å². The molecule has 0 saturated heterocycles. The quantitative estimate of drug-likeness (QED) is 0.801. The van der Waals surface area contributed by atoms with Crippen LogP contribution in [0.1, 0.15) is 0 Å². The van der Waals surface area contributed by atoms with Gasteiger partial charge in [0.2, 0.25) is 0 Å². The van der Waals surface area contributed by atoms with Crippen LogP contribution in [0, 0.1) is 0 Å². The van der Waals surface area contributed by atoms with Gasteiger partial charge in [0.1, 0.15) is 4.90 Å². The standard InChI is InChI=1S/C9H12ClN3O3S/c1-13(2)11-9(14)12-17(15,16)8-6-4-3-5-7(8)10/h3-6H,1-2H3,(H2,11,12,14). The highest BCUT2D eigenvalue weighted by atomic mass is 35.5. The van der Waals surface area contributed by atoms with Crippen LogP contribution in [-0.4, -0.2) is 33.6 Å². The van der Waals surface area contributed by atoms with Crippen LogP contribution in [0.25, 0.3) is 0 Å². The number of hydrogen-bond acceptors (Lipinski definition) is 4. The van der Waals surface area contributed by atoms with E-state index in [9.17, 15) is 13.2 Å². The number of rotatable bonds is 3. The molecule has 0 aromatic heterocycles. The highest BCUT2D eigenvalue weighted by Crippen LogP contribution is 2.19. The average molecular weight is 278 g/mol. The molecule has 1 aromatic carbocycles. The molecule has 0 saturated carbocycles. The zero-order valence-corrected chi connectivity index (χ0v) is 10.8. The van der Waals surface area contributed by atoms with Gasteiger partial charge in [-0.25, -0.2) is 22.9 Å². The summed E-state index contributed by atoms with van der Waals surface area (Å²) in [6, 6.07) is 5.01. The molecule has 0 bridgehead atoms. The molecular weight excluding hydrogens is 266 g/mol. The van der Waals surface area contributed by atoms with Crippen molar-refractivity contribution in [1.29, 1.82) is 0 Å². The molecule has 17 heavy (non-hydrogen) atoms. The van der Waals surface area contributed by atoms with E-state index in [0.29, 0.717) is 0 Å². The molecule has 94 valence electrons. The van der Waals surface area contributed by atoms with Crippen LogP contribution >= 0.6 is 11.6 Å². The van der Waals surface area contributed by atoms with E-state index in [4.69, 9.17) is 11.6 Å². The number of nitrogens with zero attached hydrogens (tertiary/aromatic N) is 1. The van der Waals surface area contributed by atoms with Gasteiger partial charge < -0.3 is 0 Å². The minimum absolute atomic E-state index is 0.0534. The van der Waals surface area contributed by atoms with Crippen molar-refractivity contribution >= 4 is 27.7 Å². The Bertz CT molecular complexity index is 516. The first-order valence-corrected chi connectivity index (χ1v) is 6.44. The summed E-state index contributed by atoms with van der Waals surface area (Å²) in [5.74, 6) is 0. The first-order valence-electron chi connectivity index (χ1n) is 4.58. The molecule has 6 nitrogen and oxygen atoms in total. The summed E-state index contributed by atoms with van der Waals surface area (Å²) in [5.41, 5.74) is 2.25. The maximum absolute atomic E-state index is 11.8. The van der Waals surface area contributed by atoms with Gasteiger partial charge in [-0.15, -0.1) is 0 Å².